The van der Waals surface area contributed by atoms with E-state index in [2.05, 4.69) is 4.72 Å². The number of hydrogen-bond acceptors (Lipinski definition) is 3. The van der Waals surface area contributed by atoms with Gasteiger partial charge in [0.05, 0.1) is 21.0 Å². The highest BCUT2D eigenvalue weighted by Crippen LogP contribution is 2.25. The number of rotatable bonds is 4. The molecule has 1 amide bonds. The normalized spacial score (nSPS) is 17.3. The van der Waals surface area contributed by atoms with Gasteiger partial charge in [-0.3, -0.25) is 4.79 Å². The largest absolute Gasteiger partial charge is 0.341 e. The van der Waals surface area contributed by atoms with Crippen LogP contribution in [0, 0.1) is 0 Å². The minimum Gasteiger partial charge on any atom is -0.341 e. The van der Waals surface area contributed by atoms with E-state index in [1.165, 1.54) is 18.2 Å². The molecule has 0 radical (unpaired) electrons. The maximum Gasteiger partial charge on any atom is 0.241 e. The van der Waals surface area contributed by atoms with Crippen LogP contribution in [0.4, 0.5) is 0 Å². The Kier molecular flexibility index (Phi) is 5.71. The number of sulfonamides is 1. The van der Waals surface area contributed by atoms with Gasteiger partial charge in [0.2, 0.25) is 15.9 Å². The number of carbonyl (C=O) groups is 1. The lowest BCUT2D eigenvalue weighted by Gasteiger charge is -2.29. The van der Waals surface area contributed by atoms with Crippen molar-refractivity contribution >= 4 is 39.1 Å². The van der Waals surface area contributed by atoms with Crippen molar-refractivity contribution in [2.24, 2.45) is 0 Å². The minimum absolute atomic E-state index is 0.0137. The van der Waals surface area contributed by atoms with Crippen molar-refractivity contribution in [1.29, 1.82) is 0 Å². The number of amides is 1. The zero-order valence-corrected chi connectivity index (χ0v) is 14.5. The topological polar surface area (TPSA) is 66.5 Å². The predicted molar refractivity (Wildman–Crippen MR) is 86.7 cm³/mol. The first-order valence-electron chi connectivity index (χ1n) is 7.07. The molecule has 1 fully saturated rings. The van der Waals surface area contributed by atoms with Gasteiger partial charge < -0.3 is 4.90 Å². The van der Waals surface area contributed by atoms with E-state index in [9.17, 15) is 13.2 Å². The van der Waals surface area contributed by atoms with E-state index in [1.54, 1.807) is 11.8 Å². The van der Waals surface area contributed by atoms with Crippen molar-refractivity contribution in [2.75, 3.05) is 13.1 Å². The van der Waals surface area contributed by atoms with Crippen molar-refractivity contribution < 1.29 is 13.2 Å². The average Bonchev–Trinajstić information content (AvgIpc) is 2.49. The lowest BCUT2D eigenvalue weighted by Crippen LogP contribution is -2.48. The van der Waals surface area contributed by atoms with Crippen LogP contribution < -0.4 is 4.72 Å². The Labute approximate surface area is 140 Å². The van der Waals surface area contributed by atoms with Crippen LogP contribution in [0.15, 0.2) is 23.1 Å². The zero-order valence-electron chi connectivity index (χ0n) is 12.2. The molecular formula is C14H18Cl2N2O3S. The van der Waals surface area contributed by atoms with Crippen molar-refractivity contribution in [1.82, 2.24) is 9.62 Å². The van der Waals surface area contributed by atoms with E-state index >= 15 is 0 Å². The number of carbonyl (C=O) groups excluding carboxylic acids is 1. The van der Waals surface area contributed by atoms with Gasteiger partial charge in [-0.1, -0.05) is 23.2 Å². The van der Waals surface area contributed by atoms with Crippen LogP contribution in [0.25, 0.3) is 0 Å². The third-order valence-corrected chi connectivity index (χ3v) is 5.85. The molecule has 2 rings (SSSR count). The van der Waals surface area contributed by atoms with Gasteiger partial charge >= 0.3 is 0 Å². The van der Waals surface area contributed by atoms with Crippen LogP contribution in [0.1, 0.15) is 26.2 Å². The fourth-order valence-electron chi connectivity index (χ4n) is 2.38. The Balaban J connectivity index is 2.10. The third kappa shape index (κ3) is 4.13. The van der Waals surface area contributed by atoms with Crippen molar-refractivity contribution in [3.63, 3.8) is 0 Å². The van der Waals surface area contributed by atoms with Crippen molar-refractivity contribution in [3.05, 3.63) is 28.2 Å². The van der Waals surface area contributed by atoms with E-state index in [0.717, 1.165) is 19.3 Å². The summed E-state index contributed by atoms with van der Waals surface area (Å²) >= 11 is 11.6. The van der Waals surface area contributed by atoms with E-state index in [0.29, 0.717) is 13.1 Å². The molecule has 1 saturated heterocycles. The SMILES string of the molecule is C[C@@H](NS(=O)(=O)c1ccc(Cl)c(Cl)c1)C(=O)N1CCCCC1. The molecule has 122 valence electrons. The molecule has 1 heterocycles. The second-order valence-electron chi connectivity index (χ2n) is 5.30. The number of benzene rings is 1. The summed E-state index contributed by atoms with van der Waals surface area (Å²) in [6, 6.07) is 3.21. The first-order chi connectivity index (χ1) is 10.3. The molecule has 0 bridgehead atoms. The first-order valence-corrected chi connectivity index (χ1v) is 9.31. The Morgan fingerprint density at radius 2 is 1.82 bits per heavy atom. The summed E-state index contributed by atoms with van der Waals surface area (Å²) in [6.07, 6.45) is 3.02. The summed E-state index contributed by atoms with van der Waals surface area (Å²) in [4.78, 5) is 14.0. The molecule has 0 spiro atoms. The van der Waals surface area contributed by atoms with Gasteiger partial charge in [0, 0.05) is 13.1 Å². The molecule has 8 heteroatoms. The number of nitrogens with one attached hydrogen (secondary N) is 1. The molecule has 1 aromatic carbocycles. The highest BCUT2D eigenvalue weighted by Gasteiger charge is 2.26. The van der Waals surface area contributed by atoms with Crippen molar-refractivity contribution in [3.8, 4) is 0 Å². The second kappa shape index (κ2) is 7.17. The van der Waals surface area contributed by atoms with Crippen LogP contribution >= 0.6 is 23.2 Å². The predicted octanol–water partition coefficient (Wildman–Crippen LogP) is 2.67. The molecule has 1 atom stereocenters. The smallest absolute Gasteiger partial charge is 0.241 e. The molecule has 5 nitrogen and oxygen atoms in total. The standard InChI is InChI=1S/C14H18Cl2N2O3S/c1-10(14(19)18-7-3-2-4-8-18)17-22(20,21)11-5-6-12(15)13(16)9-11/h5-6,9-10,17H,2-4,7-8H2,1H3/t10-/m1/s1. The monoisotopic (exact) mass is 364 g/mol. The van der Waals surface area contributed by atoms with Gasteiger partial charge in [0.15, 0.2) is 0 Å². The lowest BCUT2D eigenvalue weighted by atomic mass is 10.1. The van der Waals surface area contributed by atoms with Crippen molar-refractivity contribution in [2.45, 2.75) is 37.1 Å². The quantitative estimate of drug-likeness (QED) is 0.892. The Bertz CT molecular complexity index is 658. The maximum absolute atomic E-state index is 12.3. The van der Waals surface area contributed by atoms with E-state index < -0.39 is 16.1 Å². The highest BCUT2D eigenvalue weighted by molar-refractivity contribution is 7.89. The van der Waals surface area contributed by atoms with Gasteiger partial charge in [-0.25, -0.2) is 8.42 Å². The summed E-state index contributed by atoms with van der Waals surface area (Å²) in [7, 11) is -3.82. The number of hydrogen-bond donors (Lipinski definition) is 1. The maximum atomic E-state index is 12.3. The van der Waals surface area contributed by atoms with E-state index in [1.807, 2.05) is 0 Å². The molecule has 0 unspecified atom stereocenters. The van der Waals surface area contributed by atoms with Gasteiger partial charge in [0.1, 0.15) is 0 Å². The van der Waals surface area contributed by atoms with E-state index in [-0.39, 0.29) is 20.8 Å². The molecule has 22 heavy (non-hydrogen) atoms. The number of nitrogens with zero attached hydrogens (tertiary/aromatic N) is 1. The Hall–Kier alpha value is -0.820. The molecule has 1 aliphatic heterocycles. The highest BCUT2D eigenvalue weighted by atomic mass is 35.5. The van der Waals surface area contributed by atoms with Crippen LogP contribution in [0.3, 0.4) is 0 Å². The molecular weight excluding hydrogens is 347 g/mol. The Morgan fingerprint density at radius 3 is 2.41 bits per heavy atom. The number of likely N-dealkylation sites (tertiary alicyclic amines) is 1. The summed E-state index contributed by atoms with van der Waals surface area (Å²) in [5.74, 6) is -0.205. The summed E-state index contributed by atoms with van der Waals surface area (Å²) in [5.41, 5.74) is 0. The van der Waals surface area contributed by atoms with E-state index in [4.69, 9.17) is 23.2 Å². The zero-order chi connectivity index (χ0) is 16.3. The van der Waals surface area contributed by atoms with Crippen LogP contribution in [0.2, 0.25) is 10.0 Å². The number of halogens is 2. The second-order valence-corrected chi connectivity index (χ2v) is 7.83. The fraction of sp³-hybridized carbons (Fsp3) is 0.500. The van der Waals surface area contributed by atoms with Crippen LogP contribution in [-0.4, -0.2) is 38.4 Å². The summed E-state index contributed by atoms with van der Waals surface area (Å²) < 4.78 is 27.0. The van der Waals surface area contributed by atoms with Gasteiger partial charge in [-0.05, 0) is 44.4 Å². The fourth-order valence-corrected chi connectivity index (χ4v) is 3.97. The third-order valence-electron chi connectivity index (χ3n) is 3.57. The molecule has 1 aliphatic rings. The molecule has 0 saturated carbocycles. The summed E-state index contributed by atoms with van der Waals surface area (Å²) in [5, 5.41) is 0.428. The van der Waals surface area contributed by atoms with Gasteiger partial charge in [-0.15, -0.1) is 0 Å². The molecule has 1 aromatic rings. The lowest BCUT2D eigenvalue weighted by molar-refractivity contribution is -0.133. The molecule has 1 N–H and O–H groups in total. The molecule has 0 aliphatic carbocycles. The minimum atomic E-state index is -3.82. The first kappa shape index (κ1) is 17.5. The van der Waals surface area contributed by atoms with Crippen LogP contribution in [-0.2, 0) is 14.8 Å². The number of piperidine rings is 1. The average molecular weight is 365 g/mol. The van der Waals surface area contributed by atoms with Crippen LogP contribution in [0.5, 0.6) is 0 Å². The molecule has 0 aromatic heterocycles. The Morgan fingerprint density at radius 1 is 1.18 bits per heavy atom. The van der Waals surface area contributed by atoms with Gasteiger partial charge in [0.25, 0.3) is 0 Å². The van der Waals surface area contributed by atoms with Gasteiger partial charge in [-0.2, -0.15) is 4.72 Å². The summed E-state index contributed by atoms with van der Waals surface area (Å²) in [6.45, 7) is 2.90.